The molecule has 4 aromatic carbocycles. The second-order valence-electron chi connectivity index (χ2n) is 17.0. The average Bonchev–Trinajstić information content (AvgIpc) is 3.95. The molecule has 5 heterocycles. The van der Waals surface area contributed by atoms with Crippen LogP contribution in [0.2, 0.25) is 0 Å². The van der Waals surface area contributed by atoms with Crippen molar-refractivity contribution in [2.75, 3.05) is 80.9 Å². The predicted molar refractivity (Wildman–Crippen MR) is 270 cm³/mol. The summed E-state index contributed by atoms with van der Waals surface area (Å²) in [4.78, 5) is 24.3. The van der Waals surface area contributed by atoms with Gasteiger partial charge in [-0.25, -0.2) is 9.50 Å². The van der Waals surface area contributed by atoms with Crippen LogP contribution in [0.1, 0.15) is 27.0 Å². The lowest BCUT2D eigenvalue weighted by atomic mass is 10.1. The van der Waals surface area contributed by atoms with Crippen molar-refractivity contribution in [2.24, 2.45) is 0 Å². The average molecular weight is 940 g/mol. The van der Waals surface area contributed by atoms with Gasteiger partial charge in [0.2, 0.25) is 5.95 Å². The van der Waals surface area contributed by atoms with Crippen LogP contribution in [0.15, 0.2) is 122 Å². The summed E-state index contributed by atoms with van der Waals surface area (Å²) in [5.41, 5.74) is 7.62. The van der Waals surface area contributed by atoms with Gasteiger partial charge >= 0.3 is 0 Å². The minimum atomic E-state index is -2.38. The van der Waals surface area contributed by atoms with Crippen molar-refractivity contribution < 1.29 is 23.4 Å². The Labute approximate surface area is 389 Å². The van der Waals surface area contributed by atoms with E-state index in [-0.39, 0.29) is 5.91 Å². The Hall–Kier alpha value is -7.15. The number of carbonyl (C=O) groups excluding carboxylic acids is 1. The van der Waals surface area contributed by atoms with E-state index < -0.39 is 14.3 Å². The zero-order valence-electron chi connectivity index (χ0n) is 38.6. The zero-order chi connectivity index (χ0) is 47.3. The molecule has 4 N–H and O–H groups in total. The highest BCUT2D eigenvalue weighted by Crippen LogP contribution is 2.43. The first kappa shape index (κ1) is 46.4. The molecule has 1 amide bonds. The van der Waals surface area contributed by atoms with E-state index in [4.69, 9.17) is 19.4 Å². The summed E-state index contributed by atoms with van der Waals surface area (Å²) in [7, 11) is -1.26. The number of aryl methyl sites for hydroxylation is 2. The van der Waals surface area contributed by atoms with E-state index in [1.807, 2.05) is 118 Å². The standard InChI is InChI=1S/C26H29N6O3P.C23H26N5O2P/c1-18-9-10-21(23(16-18)35-2)28-26-29-24(22-8-5-11-32(22)30-26)27-20-7-4-6-19(17-20)25(33)31-12-14-36(3,34)15-13-31;1-16-14-25-28-22(24-15-17-8-6-5-7-9-17)13-21(27-23(16)28)26-19-11-10-18(31(3,4)29)12-20(19)30-2/h4-11,16-17H,12-15H2,1-3H3,(H2,27,28,29,30);5-14,24H,15H2,1-4H3,(H,26,27). The smallest absolute Gasteiger partial charge is 0.253 e. The van der Waals surface area contributed by atoms with Crippen molar-refractivity contribution in [1.29, 1.82) is 0 Å². The third-order valence-corrected chi connectivity index (χ3v) is 15.2. The molecule has 346 valence electrons. The lowest BCUT2D eigenvalue weighted by Gasteiger charge is -2.30. The van der Waals surface area contributed by atoms with Gasteiger partial charge < -0.3 is 44.8 Å². The molecule has 0 radical (unpaired) electrons. The van der Waals surface area contributed by atoms with Crippen molar-refractivity contribution in [1.82, 2.24) is 34.1 Å². The number of hydrogen-bond donors (Lipinski definition) is 4. The maximum atomic E-state index is 13.1. The second kappa shape index (κ2) is 19.8. The van der Waals surface area contributed by atoms with Crippen molar-refractivity contribution in [3.8, 4) is 11.5 Å². The molecule has 0 bridgehead atoms. The predicted octanol–water partition coefficient (Wildman–Crippen LogP) is 9.63. The molecule has 18 heteroatoms. The van der Waals surface area contributed by atoms with Gasteiger partial charge in [-0.05, 0) is 106 Å². The van der Waals surface area contributed by atoms with Gasteiger partial charge in [-0.3, -0.25) is 4.79 Å². The summed E-state index contributed by atoms with van der Waals surface area (Å²) in [6, 6.07) is 34.7. The maximum Gasteiger partial charge on any atom is 0.253 e. The molecule has 4 aromatic heterocycles. The summed E-state index contributed by atoms with van der Waals surface area (Å²) in [5, 5.41) is 23.2. The van der Waals surface area contributed by atoms with E-state index in [9.17, 15) is 13.9 Å². The number of nitrogens with zero attached hydrogens (tertiary/aromatic N) is 7. The van der Waals surface area contributed by atoms with Crippen LogP contribution in [0.4, 0.5) is 40.5 Å². The SMILES string of the molecule is COc1cc(C)ccc1Nc1nc(Nc2cccc(C(=O)N3CCP(C)(=O)CC3)c2)c2cccn2n1.COc1cc(P(C)(C)=O)ccc1Nc1cc(NCc2ccccc2)n2ncc(C)c2n1. The number of methoxy groups -OCH3 is 2. The maximum absolute atomic E-state index is 13.1. The quantitative estimate of drug-likeness (QED) is 0.0803. The molecule has 0 saturated carbocycles. The lowest BCUT2D eigenvalue weighted by Crippen LogP contribution is -2.39. The van der Waals surface area contributed by atoms with E-state index >= 15 is 0 Å². The number of rotatable bonds is 13. The van der Waals surface area contributed by atoms with Crippen LogP contribution in [0.5, 0.6) is 11.5 Å². The Morgan fingerprint density at radius 1 is 0.806 bits per heavy atom. The molecule has 9 rings (SSSR count). The Morgan fingerprint density at radius 2 is 1.54 bits per heavy atom. The van der Waals surface area contributed by atoms with Crippen LogP contribution in [0.3, 0.4) is 0 Å². The van der Waals surface area contributed by atoms with Gasteiger partial charge in [0, 0.05) is 66.3 Å². The Balaban J connectivity index is 0.000000184. The van der Waals surface area contributed by atoms with Gasteiger partial charge in [0.15, 0.2) is 11.5 Å². The molecule has 8 aromatic rings. The van der Waals surface area contributed by atoms with E-state index in [0.29, 0.717) is 66.6 Å². The van der Waals surface area contributed by atoms with Crippen LogP contribution in [0, 0.1) is 13.8 Å². The number of nitrogens with one attached hydrogen (secondary N) is 4. The number of hydrogen-bond acceptors (Lipinski definition) is 13. The summed E-state index contributed by atoms with van der Waals surface area (Å²) in [6.45, 7) is 11.0. The third-order valence-electron chi connectivity index (χ3n) is 11.4. The molecule has 67 heavy (non-hydrogen) atoms. The van der Waals surface area contributed by atoms with Gasteiger partial charge in [-0.15, -0.1) is 5.10 Å². The summed E-state index contributed by atoms with van der Waals surface area (Å²) in [5.74, 6) is 3.74. The number of anilines is 7. The molecule has 0 atom stereocenters. The summed E-state index contributed by atoms with van der Waals surface area (Å²) in [6.07, 6.45) is 4.80. The normalized spacial score (nSPS) is 13.4. The largest absolute Gasteiger partial charge is 0.495 e. The first-order chi connectivity index (χ1) is 32.2. The first-order valence-corrected chi connectivity index (χ1v) is 26.9. The topological polar surface area (TPSA) is 181 Å². The van der Waals surface area contributed by atoms with Gasteiger partial charge in [-0.1, -0.05) is 42.5 Å². The Kier molecular flexibility index (Phi) is 13.7. The Morgan fingerprint density at radius 3 is 2.28 bits per heavy atom. The number of aromatic nitrogens is 6. The molecule has 1 saturated heterocycles. The fraction of sp³-hybridized carbons (Fsp3) is 0.245. The number of carbonyl (C=O) groups is 1. The molecule has 0 aliphatic carbocycles. The number of fused-ring (bicyclic) bond motifs is 2. The fourth-order valence-corrected chi connectivity index (χ4v) is 9.96. The molecular formula is C49H55N11O5P2. The fourth-order valence-electron chi connectivity index (χ4n) is 7.55. The van der Waals surface area contributed by atoms with Gasteiger partial charge in [0.25, 0.3) is 5.91 Å². The van der Waals surface area contributed by atoms with Crippen LogP contribution in [0.25, 0.3) is 11.2 Å². The van der Waals surface area contributed by atoms with E-state index in [2.05, 4.69) is 43.6 Å². The molecule has 1 aliphatic heterocycles. The lowest BCUT2D eigenvalue weighted by molar-refractivity contribution is 0.0769. The summed E-state index contributed by atoms with van der Waals surface area (Å²) >= 11 is 0. The van der Waals surface area contributed by atoms with Crippen molar-refractivity contribution in [3.05, 3.63) is 144 Å². The minimum Gasteiger partial charge on any atom is -0.495 e. The third kappa shape index (κ3) is 11.1. The second-order valence-corrected chi connectivity index (χ2v) is 23.7. The molecule has 1 fully saturated rings. The van der Waals surface area contributed by atoms with Gasteiger partial charge in [0.1, 0.15) is 35.8 Å². The highest BCUT2D eigenvalue weighted by molar-refractivity contribution is 7.70. The molecular weight excluding hydrogens is 885 g/mol. The zero-order valence-corrected chi connectivity index (χ0v) is 40.4. The van der Waals surface area contributed by atoms with Crippen molar-refractivity contribution >= 4 is 77.1 Å². The highest BCUT2D eigenvalue weighted by atomic mass is 31.2. The van der Waals surface area contributed by atoms with Crippen LogP contribution < -0.4 is 36.0 Å². The van der Waals surface area contributed by atoms with Gasteiger partial charge in [0.05, 0.1) is 38.9 Å². The first-order valence-electron chi connectivity index (χ1n) is 21.8. The van der Waals surface area contributed by atoms with Crippen molar-refractivity contribution in [2.45, 2.75) is 20.4 Å². The summed E-state index contributed by atoms with van der Waals surface area (Å²) < 4.78 is 39.3. The number of ether oxygens (including phenoxy) is 2. The van der Waals surface area contributed by atoms with Crippen LogP contribution in [-0.2, 0) is 15.7 Å². The molecule has 16 nitrogen and oxygen atoms in total. The molecule has 1 aliphatic rings. The number of amides is 1. The van der Waals surface area contributed by atoms with Crippen molar-refractivity contribution in [3.63, 3.8) is 0 Å². The van der Waals surface area contributed by atoms with Gasteiger partial charge in [-0.2, -0.15) is 14.6 Å². The minimum absolute atomic E-state index is 0.0531. The Bertz CT molecular complexity index is 3160. The van der Waals surface area contributed by atoms with Crippen LogP contribution >= 0.6 is 14.3 Å². The molecule has 0 unspecified atom stereocenters. The highest BCUT2D eigenvalue weighted by Gasteiger charge is 2.27. The van der Waals surface area contributed by atoms with E-state index in [1.54, 1.807) is 53.7 Å². The number of benzene rings is 4. The van der Waals surface area contributed by atoms with Crippen LogP contribution in [-0.4, -0.2) is 99.6 Å². The van der Waals surface area contributed by atoms with E-state index in [0.717, 1.165) is 50.5 Å². The monoisotopic (exact) mass is 939 g/mol. The molecule has 0 spiro atoms. The van der Waals surface area contributed by atoms with E-state index in [1.165, 1.54) is 5.56 Å².